The smallest absolute Gasteiger partial charge is 0.00425 e. The van der Waals surface area contributed by atoms with Gasteiger partial charge in [-0.25, -0.2) is 0 Å². The van der Waals surface area contributed by atoms with E-state index in [0.29, 0.717) is 6.54 Å². The van der Waals surface area contributed by atoms with Gasteiger partial charge in [-0.15, -0.1) is 0 Å². The van der Waals surface area contributed by atoms with E-state index in [2.05, 4.69) is 6.58 Å². The van der Waals surface area contributed by atoms with Crippen LogP contribution >= 0.6 is 0 Å². The number of allylic oxidation sites excluding steroid dienone is 6. The molecular weight excluding hydrogens is 146 g/mol. The summed E-state index contributed by atoms with van der Waals surface area (Å²) in [6, 6.07) is 0. The lowest BCUT2D eigenvalue weighted by Gasteiger charge is -1.87. The minimum Gasteiger partial charge on any atom is -0.330 e. The second kappa shape index (κ2) is 8.02. The minimum atomic E-state index is 0.711. The Morgan fingerprint density at radius 3 is 2.67 bits per heavy atom. The fraction of sp³-hybridized carbons (Fsp3) is 0.273. The molecule has 0 amide bonds. The van der Waals surface area contributed by atoms with Crippen molar-refractivity contribution in [2.75, 3.05) is 6.54 Å². The molecule has 0 aliphatic rings. The van der Waals surface area contributed by atoms with Gasteiger partial charge in [0, 0.05) is 0 Å². The van der Waals surface area contributed by atoms with Crippen molar-refractivity contribution in [1.82, 2.24) is 0 Å². The van der Waals surface area contributed by atoms with Gasteiger partial charge in [0.2, 0.25) is 0 Å². The van der Waals surface area contributed by atoms with Crippen LogP contribution in [0, 0.1) is 0 Å². The van der Waals surface area contributed by atoms with E-state index in [1.807, 2.05) is 43.4 Å². The SMILES string of the molecule is C=CC(/C=C\C=C/CCN)=C/C. The van der Waals surface area contributed by atoms with Gasteiger partial charge in [0.15, 0.2) is 0 Å². The molecule has 0 aromatic carbocycles. The molecule has 0 radical (unpaired) electrons. The monoisotopic (exact) mass is 163 g/mol. The highest BCUT2D eigenvalue weighted by atomic mass is 14.5. The molecule has 12 heavy (non-hydrogen) atoms. The van der Waals surface area contributed by atoms with Gasteiger partial charge in [0.1, 0.15) is 0 Å². The molecule has 0 spiro atoms. The highest BCUT2D eigenvalue weighted by molar-refractivity contribution is 5.30. The topological polar surface area (TPSA) is 26.0 Å². The van der Waals surface area contributed by atoms with Crippen LogP contribution in [0.2, 0.25) is 0 Å². The molecule has 0 atom stereocenters. The summed E-state index contributed by atoms with van der Waals surface area (Å²) >= 11 is 0. The number of hydrogen-bond donors (Lipinski definition) is 1. The summed E-state index contributed by atoms with van der Waals surface area (Å²) in [5.74, 6) is 0. The summed E-state index contributed by atoms with van der Waals surface area (Å²) in [6.45, 7) is 6.38. The van der Waals surface area contributed by atoms with Crippen LogP contribution < -0.4 is 5.73 Å². The molecule has 0 saturated heterocycles. The van der Waals surface area contributed by atoms with Crippen LogP contribution in [0.4, 0.5) is 0 Å². The van der Waals surface area contributed by atoms with E-state index in [-0.39, 0.29) is 0 Å². The molecule has 1 nitrogen and oxygen atoms in total. The molecule has 0 fully saturated rings. The second-order valence-electron chi connectivity index (χ2n) is 2.36. The normalized spacial score (nSPS) is 13.0. The molecule has 0 aliphatic heterocycles. The molecule has 0 aromatic heterocycles. The molecular formula is C11H17N. The van der Waals surface area contributed by atoms with Crippen LogP contribution in [0.1, 0.15) is 13.3 Å². The summed E-state index contributed by atoms with van der Waals surface area (Å²) in [5.41, 5.74) is 6.45. The lowest BCUT2D eigenvalue weighted by atomic mass is 10.2. The summed E-state index contributed by atoms with van der Waals surface area (Å²) in [6.07, 6.45) is 12.8. The molecule has 0 rings (SSSR count). The van der Waals surface area contributed by atoms with Crippen molar-refractivity contribution in [3.63, 3.8) is 0 Å². The first-order chi connectivity index (χ1) is 5.85. The fourth-order valence-corrected chi connectivity index (χ4v) is 0.720. The Morgan fingerprint density at radius 2 is 2.17 bits per heavy atom. The van der Waals surface area contributed by atoms with Crippen molar-refractivity contribution in [2.24, 2.45) is 5.73 Å². The van der Waals surface area contributed by atoms with Gasteiger partial charge in [-0.1, -0.05) is 43.0 Å². The molecule has 0 aliphatic carbocycles. The maximum absolute atomic E-state index is 5.32. The molecule has 0 aromatic rings. The highest BCUT2D eigenvalue weighted by Crippen LogP contribution is 1.97. The van der Waals surface area contributed by atoms with Crippen LogP contribution in [-0.2, 0) is 0 Å². The molecule has 66 valence electrons. The third-order valence-corrected chi connectivity index (χ3v) is 1.44. The third kappa shape index (κ3) is 5.69. The molecule has 0 saturated carbocycles. The van der Waals surface area contributed by atoms with Crippen LogP contribution in [0.25, 0.3) is 0 Å². The predicted octanol–water partition coefficient (Wildman–Crippen LogP) is 2.58. The Bertz CT molecular complexity index is 197. The van der Waals surface area contributed by atoms with E-state index in [1.54, 1.807) is 0 Å². The Hall–Kier alpha value is -1.08. The first-order valence-electron chi connectivity index (χ1n) is 4.17. The molecule has 0 bridgehead atoms. The quantitative estimate of drug-likeness (QED) is 0.619. The van der Waals surface area contributed by atoms with Crippen molar-refractivity contribution in [3.05, 3.63) is 48.6 Å². The van der Waals surface area contributed by atoms with E-state index < -0.39 is 0 Å². The Labute approximate surface area is 75.0 Å². The van der Waals surface area contributed by atoms with Gasteiger partial charge in [-0.3, -0.25) is 0 Å². The van der Waals surface area contributed by atoms with Gasteiger partial charge >= 0.3 is 0 Å². The summed E-state index contributed by atoms with van der Waals surface area (Å²) in [4.78, 5) is 0. The van der Waals surface area contributed by atoms with Gasteiger partial charge in [0.25, 0.3) is 0 Å². The number of rotatable bonds is 5. The Balaban J connectivity index is 3.82. The molecule has 0 unspecified atom stereocenters. The zero-order valence-electron chi connectivity index (χ0n) is 7.66. The van der Waals surface area contributed by atoms with Crippen LogP contribution in [0.15, 0.2) is 48.6 Å². The van der Waals surface area contributed by atoms with Gasteiger partial charge in [-0.05, 0) is 25.5 Å². The Morgan fingerprint density at radius 1 is 1.42 bits per heavy atom. The van der Waals surface area contributed by atoms with Gasteiger partial charge in [0.05, 0.1) is 0 Å². The van der Waals surface area contributed by atoms with Gasteiger partial charge in [-0.2, -0.15) is 0 Å². The van der Waals surface area contributed by atoms with Crippen molar-refractivity contribution in [1.29, 1.82) is 0 Å². The van der Waals surface area contributed by atoms with Crippen LogP contribution in [0.3, 0.4) is 0 Å². The van der Waals surface area contributed by atoms with E-state index in [4.69, 9.17) is 5.73 Å². The average Bonchev–Trinajstić information content (AvgIpc) is 2.11. The highest BCUT2D eigenvalue weighted by Gasteiger charge is 1.77. The lowest BCUT2D eigenvalue weighted by molar-refractivity contribution is 1.01. The van der Waals surface area contributed by atoms with Gasteiger partial charge < -0.3 is 5.73 Å². The van der Waals surface area contributed by atoms with Crippen LogP contribution in [0.5, 0.6) is 0 Å². The van der Waals surface area contributed by atoms with Crippen molar-refractivity contribution < 1.29 is 0 Å². The minimum absolute atomic E-state index is 0.711. The molecule has 2 N–H and O–H groups in total. The zero-order chi connectivity index (χ0) is 9.23. The zero-order valence-corrected chi connectivity index (χ0v) is 7.66. The van der Waals surface area contributed by atoms with E-state index >= 15 is 0 Å². The summed E-state index contributed by atoms with van der Waals surface area (Å²) in [5, 5.41) is 0. The fourth-order valence-electron chi connectivity index (χ4n) is 0.720. The van der Waals surface area contributed by atoms with E-state index in [0.717, 1.165) is 12.0 Å². The summed E-state index contributed by atoms with van der Waals surface area (Å²) < 4.78 is 0. The van der Waals surface area contributed by atoms with E-state index in [1.165, 1.54) is 0 Å². The second-order valence-corrected chi connectivity index (χ2v) is 2.36. The first kappa shape index (κ1) is 10.9. The number of nitrogens with two attached hydrogens (primary N) is 1. The Kier molecular flexibility index (Phi) is 7.30. The number of hydrogen-bond acceptors (Lipinski definition) is 1. The first-order valence-corrected chi connectivity index (χ1v) is 4.17. The largest absolute Gasteiger partial charge is 0.330 e. The lowest BCUT2D eigenvalue weighted by Crippen LogP contribution is -1.94. The summed E-state index contributed by atoms with van der Waals surface area (Å²) in [7, 11) is 0. The van der Waals surface area contributed by atoms with Crippen LogP contribution in [-0.4, -0.2) is 6.54 Å². The predicted molar refractivity (Wildman–Crippen MR) is 55.9 cm³/mol. The van der Waals surface area contributed by atoms with Crippen molar-refractivity contribution >= 4 is 0 Å². The van der Waals surface area contributed by atoms with Crippen molar-refractivity contribution in [2.45, 2.75) is 13.3 Å². The standard InChI is InChI=1S/C11H17N/c1-3-11(4-2)9-7-5-6-8-10-12/h3-7,9H,1,8,10,12H2,2H3/b6-5-,9-7-,11-4-. The maximum atomic E-state index is 5.32. The maximum Gasteiger partial charge on any atom is -0.00425 e. The average molecular weight is 163 g/mol. The molecule has 0 heterocycles. The van der Waals surface area contributed by atoms with E-state index in [9.17, 15) is 0 Å². The molecule has 1 heteroatoms. The third-order valence-electron chi connectivity index (χ3n) is 1.44. The van der Waals surface area contributed by atoms with Crippen molar-refractivity contribution in [3.8, 4) is 0 Å².